The first-order valence-corrected chi connectivity index (χ1v) is 10.5. The molecule has 1 aromatic carbocycles. The summed E-state index contributed by atoms with van der Waals surface area (Å²) in [6.07, 6.45) is 10.2. The first kappa shape index (κ1) is 18.8. The largest absolute Gasteiger partial charge is 0.471 e. The monoisotopic (exact) mass is 427 g/mol. The molecule has 0 amide bonds. The molecule has 160 valence electrons. The van der Waals surface area contributed by atoms with Gasteiger partial charge in [-0.15, -0.1) is 0 Å². The summed E-state index contributed by atoms with van der Waals surface area (Å²) in [4.78, 5) is 4.92. The van der Waals surface area contributed by atoms with E-state index in [-0.39, 0.29) is 6.10 Å². The van der Waals surface area contributed by atoms with Crippen molar-refractivity contribution in [3.8, 4) is 39.4 Å². The van der Waals surface area contributed by atoms with Gasteiger partial charge in [0.1, 0.15) is 6.10 Å². The third-order valence-electron chi connectivity index (χ3n) is 5.61. The summed E-state index contributed by atoms with van der Waals surface area (Å²) >= 11 is 0. The van der Waals surface area contributed by atoms with Crippen molar-refractivity contribution < 1.29 is 9.47 Å². The minimum atomic E-state index is -0.0188. The summed E-state index contributed by atoms with van der Waals surface area (Å²) in [5, 5.41) is 16.0. The third-order valence-corrected chi connectivity index (χ3v) is 5.61. The van der Waals surface area contributed by atoms with Gasteiger partial charge < -0.3 is 9.47 Å². The van der Waals surface area contributed by atoms with E-state index < -0.39 is 0 Å². The van der Waals surface area contributed by atoms with Crippen LogP contribution in [0, 0.1) is 0 Å². The van der Waals surface area contributed by atoms with Crippen LogP contribution < -0.4 is 4.74 Å². The standard InChI is InChI=1S/C23H21N7O2/c1-29-12-17(10-25-29)20-13-30-22(27-23(20)32-18-6-8-31-14-18)19(11-26-30)15-3-2-4-16(9-15)21-5-7-24-28-21/h2-5,7,9-13,18H,6,8,14H2,1H3,(H,24,28)/t18-/m0/s1. The lowest BCUT2D eigenvalue weighted by atomic mass is 10.0. The first-order chi connectivity index (χ1) is 15.7. The highest BCUT2D eigenvalue weighted by Crippen LogP contribution is 2.34. The van der Waals surface area contributed by atoms with Crippen LogP contribution in [-0.4, -0.2) is 53.9 Å². The fourth-order valence-corrected chi connectivity index (χ4v) is 3.98. The van der Waals surface area contributed by atoms with Crippen LogP contribution in [-0.2, 0) is 11.8 Å². The molecule has 9 nitrogen and oxygen atoms in total. The summed E-state index contributed by atoms with van der Waals surface area (Å²) in [6, 6.07) is 10.1. The Morgan fingerprint density at radius 2 is 2.00 bits per heavy atom. The summed E-state index contributed by atoms with van der Waals surface area (Å²) < 4.78 is 15.3. The van der Waals surface area contributed by atoms with Crippen LogP contribution in [0.5, 0.6) is 5.88 Å². The average Bonchev–Trinajstić information content (AvgIpc) is 3.61. The Balaban J connectivity index is 1.47. The van der Waals surface area contributed by atoms with E-state index in [2.05, 4.69) is 32.5 Å². The number of rotatable bonds is 5. The van der Waals surface area contributed by atoms with Crippen molar-refractivity contribution in [1.29, 1.82) is 0 Å². The molecule has 0 aliphatic carbocycles. The predicted molar refractivity (Wildman–Crippen MR) is 118 cm³/mol. The molecule has 1 N–H and O–H groups in total. The van der Waals surface area contributed by atoms with E-state index in [1.54, 1.807) is 15.4 Å². The van der Waals surface area contributed by atoms with Gasteiger partial charge in [-0.3, -0.25) is 9.78 Å². The number of nitrogens with one attached hydrogen (secondary N) is 1. The molecule has 1 aliphatic rings. The van der Waals surface area contributed by atoms with Crippen LogP contribution in [0.3, 0.4) is 0 Å². The van der Waals surface area contributed by atoms with E-state index >= 15 is 0 Å². The minimum absolute atomic E-state index is 0.0188. The molecule has 4 aromatic heterocycles. The number of benzene rings is 1. The number of hydrogen-bond donors (Lipinski definition) is 1. The number of aromatic nitrogens is 7. The quantitative estimate of drug-likeness (QED) is 0.462. The van der Waals surface area contributed by atoms with Gasteiger partial charge in [0.25, 0.3) is 0 Å². The molecule has 1 atom stereocenters. The Hall–Kier alpha value is -3.98. The second kappa shape index (κ2) is 7.61. The Labute approximate surface area is 183 Å². The van der Waals surface area contributed by atoms with Crippen molar-refractivity contribution in [1.82, 2.24) is 34.6 Å². The van der Waals surface area contributed by atoms with E-state index in [0.29, 0.717) is 19.1 Å². The van der Waals surface area contributed by atoms with Gasteiger partial charge in [0.15, 0.2) is 5.65 Å². The zero-order valence-electron chi connectivity index (χ0n) is 17.5. The number of fused-ring (bicyclic) bond motifs is 1. The lowest BCUT2D eigenvalue weighted by molar-refractivity contribution is 0.138. The SMILES string of the molecule is Cn1cc(-c2cn3ncc(-c4cccc(-c5cc[nH]n5)c4)c3nc2O[C@H]2CCOC2)cn1. The smallest absolute Gasteiger partial charge is 0.225 e. The molecule has 1 fully saturated rings. The minimum Gasteiger partial charge on any atom is -0.471 e. The Kier molecular flexibility index (Phi) is 4.46. The fourth-order valence-electron chi connectivity index (χ4n) is 3.98. The normalized spacial score (nSPS) is 16.1. The van der Waals surface area contributed by atoms with Gasteiger partial charge in [-0.2, -0.15) is 20.3 Å². The van der Waals surface area contributed by atoms with Crippen molar-refractivity contribution in [2.45, 2.75) is 12.5 Å². The Morgan fingerprint density at radius 3 is 2.78 bits per heavy atom. The maximum atomic E-state index is 6.29. The molecular weight excluding hydrogens is 406 g/mol. The predicted octanol–water partition coefficient (Wildman–Crippen LogP) is 3.35. The van der Waals surface area contributed by atoms with Gasteiger partial charge in [-0.05, 0) is 17.7 Å². The molecule has 0 radical (unpaired) electrons. The van der Waals surface area contributed by atoms with E-state index in [4.69, 9.17) is 14.5 Å². The number of nitrogens with zero attached hydrogens (tertiary/aromatic N) is 6. The van der Waals surface area contributed by atoms with Crippen LogP contribution >= 0.6 is 0 Å². The first-order valence-electron chi connectivity index (χ1n) is 10.5. The molecule has 5 heterocycles. The maximum Gasteiger partial charge on any atom is 0.225 e. The van der Waals surface area contributed by atoms with Crippen molar-refractivity contribution in [3.05, 3.63) is 61.3 Å². The third kappa shape index (κ3) is 3.32. The lowest BCUT2D eigenvalue weighted by Gasteiger charge is -2.14. The van der Waals surface area contributed by atoms with Crippen LogP contribution in [0.25, 0.3) is 39.2 Å². The van der Waals surface area contributed by atoms with Gasteiger partial charge in [0.2, 0.25) is 5.88 Å². The Bertz CT molecular complexity index is 1380. The molecule has 1 aliphatic heterocycles. The molecule has 1 saturated heterocycles. The van der Waals surface area contributed by atoms with Crippen LogP contribution in [0.15, 0.2) is 61.3 Å². The number of H-pyrrole nitrogens is 1. The zero-order valence-corrected chi connectivity index (χ0v) is 17.5. The van der Waals surface area contributed by atoms with Gasteiger partial charge in [0.05, 0.1) is 36.9 Å². The van der Waals surface area contributed by atoms with Crippen molar-refractivity contribution in [2.24, 2.45) is 7.05 Å². The molecule has 0 unspecified atom stereocenters. The average molecular weight is 427 g/mol. The van der Waals surface area contributed by atoms with E-state index in [0.717, 1.165) is 45.6 Å². The van der Waals surface area contributed by atoms with Crippen molar-refractivity contribution in [3.63, 3.8) is 0 Å². The van der Waals surface area contributed by atoms with Crippen molar-refractivity contribution in [2.75, 3.05) is 13.2 Å². The highest BCUT2D eigenvalue weighted by Gasteiger charge is 2.22. The molecule has 9 heteroatoms. The van der Waals surface area contributed by atoms with Crippen molar-refractivity contribution >= 4 is 5.65 Å². The maximum absolute atomic E-state index is 6.29. The molecule has 5 aromatic rings. The summed E-state index contributed by atoms with van der Waals surface area (Å²) in [5.41, 5.74) is 6.34. The van der Waals surface area contributed by atoms with E-state index in [1.165, 1.54) is 0 Å². The molecule has 32 heavy (non-hydrogen) atoms. The van der Waals surface area contributed by atoms with Gasteiger partial charge >= 0.3 is 0 Å². The molecule has 0 bridgehead atoms. The van der Waals surface area contributed by atoms with Gasteiger partial charge in [-0.1, -0.05) is 18.2 Å². The number of aryl methyl sites for hydroxylation is 1. The molecule has 0 saturated carbocycles. The molecular formula is C23H21N7O2. The van der Waals surface area contributed by atoms with E-state index in [1.807, 2.05) is 50.0 Å². The summed E-state index contributed by atoms with van der Waals surface area (Å²) in [6.45, 7) is 1.27. The van der Waals surface area contributed by atoms with Crippen LogP contribution in [0.2, 0.25) is 0 Å². The molecule has 0 spiro atoms. The van der Waals surface area contributed by atoms with Crippen LogP contribution in [0.4, 0.5) is 0 Å². The second-order valence-electron chi connectivity index (χ2n) is 7.83. The summed E-state index contributed by atoms with van der Waals surface area (Å²) in [7, 11) is 1.89. The van der Waals surface area contributed by atoms with E-state index in [9.17, 15) is 0 Å². The molecule has 6 rings (SSSR count). The number of hydrogen-bond acceptors (Lipinski definition) is 6. The topological polar surface area (TPSA) is 95.2 Å². The highest BCUT2D eigenvalue weighted by atomic mass is 16.5. The fraction of sp³-hybridized carbons (Fsp3) is 0.217. The Morgan fingerprint density at radius 1 is 1.06 bits per heavy atom. The zero-order chi connectivity index (χ0) is 21.5. The van der Waals surface area contributed by atoms with Gasteiger partial charge in [-0.25, -0.2) is 4.52 Å². The van der Waals surface area contributed by atoms with Crippen LogP contribution in [0.1, 0.15) is 6.42 Å². The second-order valence-corrected chi connectivity index (χ2v) is 7.83. The summed E-state index contributed by atoms with van der Waals surface area (Å²) in [5.74, 6) is 0.561. The number of aromatic amines is 1. The highest BCUT2D eigenvalue weighted by molar-refractivity contribution is 5.81. The number of ether oxygens (including phenoxy) is 2. The van der Waals surface area contributed by atoms with Gasteiger partial charge in [0, 0.05) is 48.7 Å². The lowest BCUT2D eigenvalue weighted by Crippen LogP contribution is -2.17.